The van der Waals surface area contributed by atoms with E-state index in [1.54, 1.807) is 0 Å². The van der Waals surface area contributed by atoms with E-state index in [9.17, 15) is 4.57 Å². The van der Waals surface area contributed by atoms with Gasteiger partial charge in [-0.15, -0.1) is 0 Å². The number of aliphatic hydroxyl groups excluding tert-OH is 1. The summed E-state index contributed by atoms with van der Waals surface area (Å²) in [4.78, 5) is 0. The lowest BCUT2D eigenvalue weighted by atomic mass is 10.8. The van der Waals surface area contributed by atoms with E-state index in [2.05, 4.69) is 42.0 Å². The van der Waals surface area contributed by atoms with Crippen LogP contribution < -0.4 is 10.2 Å². The van der Waals surface area contributed by atoms with Crippen LogP contribution in [0, 0.1) is 0 Å². The molecule has 0 aliphatic heterocycles. The highest BCUT2D eigenvalue weighted by Gasteiger charge is 2.16. The Bertz CT molecular complexity index is 171. The van der Waals surface area contributed by atoms with Crippen LogP contribution in [0.5, 0.6) is 0 Å². The van der Waals surface area contributed by atoms with Crippen molar-refractivity contribution in [1.29, 1.82) is 0 Å². The van der Waals surface area contributed by atoms with Crippen molar-refractivity contribution in [3.63, 3.8) is 0 Å². The summed E-state index contributed by atoms with van der Waals surface area (Å²) in [5.74, 6) is 0. The number of halogens is 3. The first-order valence-electron chi connectivity index (χ1n) is 3.16. The van der Waals surface area contributed by atoms with Gasteiger partial charge in [0.25, 0.3) is 6.80 Å². The molecular formula is C4H10Br2ClN2O2P. The molecule has 0 aromatic heterocycles. The summed E-state index contributed by atoms with van der Waals surface area (Å²) >= 11 is 11.6. The topological polar surface area (TPSA) is 61.4 Å². The number of alkyl halides is 2. The molecule has 74 valence electrons. The first kappa shape index (κ1) is 13.4. The number of rotatable bonds is 6. The van der Waals surface area contributed by atoms with Crippen molar-refractivity contribution in [1.82, 2.24) is 10.2 Å². The van der Waals surface area contributed by atoms with Crippen molar-refractivity contribution in [3.8, 4) is 0 Å². The highest BCUT2D eigenvalue weighted by molar-refractivity contribution is 9.09. The lowest BCUT2D eigenvalue weighted by Gasteiger charge is -2.13. The van der Waals surface area contributed by atoms with Crippen molar-refractivity contribution in [2.45, 2.75) is 5.01 Å². The van der Waals surface area contributed by atoms with E-state index in [4.69, 9.17) is 16.3 Å². The van der Waals surface area contributed by atoms with Gasteiger partial charge in [-0.2, -0.15) is 0 Å². The van der Waals surface area contributed by atoms with Gasteiger partial charge in [-0.3, -0.25) is 4.57 Å². The fourth-order valence-corrected chi connectivity index (χ4v) is 2.73. The average Bonchev–Trinajstić information content (AvgIpc) is 1.98. The zero-order chi connectivity index (χ0) is 9.61. The summed E-state index contributed by atoms with van der Waals surface area (Å²) in [6.07, 6.45) is 0. The minimum absolute atomic E-state index is 0.135. The molecule has 3 N–H and O–H groups in total. The van der Waals surface area contributed by atoms with E-state index in [1.807, 2.05) is 0 Å². The fraction of sp³-hybridized carbons (Fsp3) is 1.00. The first-order chi connectivity index (χ1) is 5.48. The number of aliphatic hydroxyl groups is 1. The van der Waals surface area contributed by atoms with Gasteiger partial charge >= 0.3 is 0 Å². The molecule has 0 aliphatic carbocycles. The second kappa shape index (κ2) is 6.76. The highest BCUT2D eigenvalue weighted by Crippen LogP contribution is 2.41. The third-order valence-electron chi connectivity index (χ3n) is 0.873. The van der Waals surface area contributed by atoms with E-state index in [-0.39, 0.29) is 6.54 Å². The Labute approximate surface area is 93.0 Å². The van der Waals surface area contributed by atoms with Crippen molar-refractivity contribution in [2.75, 3.05) is 18.4 Å². The first-order valence-corrected chi connectivity index (χ1v) is 7.81. The van der Waals surface area contributed by atoms with Crippen LogP contribution in [0.25, 0.3) is 0 Å². The SMILES string of the molecule is O=P(Cl)(NCCBr)NCC(O)Br. The summed E-state index contributed by atoms with van der Waals surface area (Å²) in [5, 5.41) is 13.8. The van der Waals surface area contributed by atoms with E-state index in [0.717, 1.165) is 0 Å². The third kappa shape index (κ3) is 7.98. The molecule has 0 heterocycles. The average molecular weight is 344 g/mol. The second-order valence-electron chi connectivity index (χ2n) is 1.93. The van der Waals surface area contributed by atoms with Gasteiger partial charge < -0.3 is 5.11 Å². The summed E-state index contributed by atoms with van der Waals surface area (Å²) < 4.78 is 11.3. The molecule has 0 spiro atoms. The van der Waals surface area contributed by atoms with Crippen LogP contribution in [-0.4, -0.2) is 28.5 Å². The van der Waals surface area contributed by atoms with Crippen LogP contribution in [0.2, 0.25) is 0 Å². The molecule has 4 nitrogen and oxygen atoms in total. The molecule has 0 bridgehead atoms. The van der Waals surface area contributed by atoms with Gasteiger partial charge in [-0.25, -0.2) is 10.2 Å². The summed E-state index contributed by atoms with van der Waals surface area (Å²) in [6.45, 7) is -2.37. The molecule has 0 saturated heterocycles. The van der Waals surface area contributed by atoms with Gasteiger partial charge in [-0.05, 0) is 11.2 Å². The Kier molecular flexibility index (Phi) is 7.53. The second-order valence-corrected chi connectivity index (χ2v) is 6.90. The van der Waals surface area contributed by atoms with Gasteiger partial charge in [0.15, 0.2) is 0 Å². The lowest BCUT2D eigenvalue weighted by Crippen LogP contribution is -2.25. The molecule has 12 heavy (non-hydrogen) atoms. The molecule has 2 atom stereocenters. The Morgan fingerprint density at radius 3 is 2.58 bits per heavy atom. The Balaban J connectivity index is 3.64. The van der Waals surface area contributed by atoms with E-state index in [1.165, 1.54) is 0 Å². The third-order valence-corrected chi connectivity index (χ3v) is 3.53. The predicted molar refractivity (Wildman–Crippen MR) is 58.2 cm³/mol. The Morgan fingerprint density at radius 2 is 2.17 bits per heavy atom. The maximum Gasteiger partial charge on any atom is 0.299 e. The van der Waals surface area contributed by atoms with Crippen molar-refractivity contribution < 1.29 is 9.67 Å². The summed E-state index contributed by atoms with van der Waals surface area (Å²) in [5.41, 5.74) is 0. The lowest BCUT2D eigenvalue weighted by molar-refractivity contribution is 0.273. The smallest absolute Gasteiger partial charge is 0.299 e. The molecule has 0 aromatic carbocycles. The van der Waals surface area contributed by atoms with Gasteiger partial charge in [0.1, 0.15) is 5.01 Å². The number of hydrogen-bond acceptors (Lipinski definition) is 2. The minimum Gasteiger partial charge on any atom is -0.380 e. The summed E-state index contributed by atoms with van der Waals surface area (Å²) in [6, 6.07) is 0. The summed E-state index contributed by atoms with van der Waals surface area (Å²) in [7, 11) is 0. The fourth-order valence-electron chi connectivity index (χ4n) is 0.435. The van der Waals surface area contributed by atoms with Crippen LogP contribution in [0.4, 0.5) is 0 Å². The van der Waals surface area contributed by atoms with Gasteiger partial charge in [0.05, 0.1) is 0 Å². The Morgan fingerprint density at radius 1 is 1.58 bits per heavy atom. The van der Waals surface area contributed by atoms with Crippen LogP contribution in [0.3, 0.4) is 0 Å². The normalized spacial score (nSPS) is 18.7. The number of nitrogens with one attached hydrogen (secondary N) is 2. The van der Waals surface area contributed by atoms with Crippen molar-refractivity contribution in [2.24, 2.45) is 0 Å². The van der Waals surface area contributed by atoms with Crippen LogP contribution in [0.15, 0.2) is 0 Å². The maximum atomic E-state index is 11.3. The van der Waals surface area contributed by atoms with E-state index >= 15 is 0 Å². The number of hydrogen-bond donors (Lipinski definition) is 3. The quantitative estimate of drug-likeness (QED) is 0.506. The van der Waals surface area contributed by atoms with E-state index in [0.29, 0.717) is 11.9 Å². The Hall–Kier alpha value is 1.36. The van der Waals surface area contributed by atoms with Crippen molar-refractivity contribution >= 4 is 49.9 Å². The van der Waals surface area contributed by atoms with Gasteiger partial charge in [0.2, 0.25) is 0 Å². The predicted octanol–water partition coefficient (Wildman–Crippen LogP) is 1.62. The molecule has 2 unspecified atom stereocenters. The highest BCUT2D eigenvalue weighted by atomic mass is 79.9. The van der Waals surface area contributed by atoms with Gasteiger partial charge in [0, 0.05) is 18.4 Å². The molecule has 0 amide bonds. The molecule has 0 aliphatic rings. The molecule has 0 rings (SSSR count). The largest absolute Gasteiger partial charge is 0.380 e. The molecule has 0 radical (unpaired) electrons. The molecule has 8 heteroatoms. The van der Waals surface area contributed by atoms with Crippen LogP contribution >= 0.6 is 49.9 Å². The van der Waals surface area contributed by atoms with Crippen LogP contribution in [0.1, 0.15) is 0 Å². The molecule has 0 fully saturated rings. The maximum absolute atomic E-state index is 11.3. The zero-order valence-corrected chi connectivity index (χ0v) is 11.0. The molecular weight excluding hydrogens is 334 g/mol. The minimum atomic E-state index is -3.01. The standard InChI is InChI=1S/C4H10Br2ClN2O2P/c5-1-2-8-12(7,11)9-3-4(6)10/h4,10H,1-3H2,(H2,8,9,11). The molecule has 0 aromatic rings. The van der Waals surface area contributed by atoms with Crippen LogP contribution in [-0.2, 0) is 4.57 Å². The van der Waals surface area contributed by atoms with Gasteiger partial charge in [-0.1, -0.05) is 31.9 Å². The van der Waals surface area contributed by atoms with Crippen molar-refractivity contribution in [3.05, 3.63) is 0 Å². The van der Waals surface area contributed by atoms with E-state index < -0.39 is 11.8 Å². The zero-order valence-electron chi connectivity index (χ0n) is 6.14. The monoisotopic (exact) mass is 342 g/mol. The molecule has 0 saturated carbocycles.